The van der Waals surface area contributed by atoms with Crippen LogP contribution in [0.3, 0.4) is 0 Å². The van der Waals surface area contributed by atoms with Gasteiger partial charge in [-0.1, -0.05) is 13.8 Å². The lowest BCUT2D eigenvalue weighted by Crippen LogP contribution is -2.49. The van der Waals surface area contributed by atoms with Crippen molar-refractivity contribution in [3.8, 4) is 0 Å². The molecular weight excluding hydrogens is 468 g/mol. The van der Waals surface area contributed by atoms with E-state index in [2.05, 4.69) is 10.3 Å². The number of ketones is 1. The maximum atomic E-state index is 12.8. The quantitative estimate of drug-likeness (QED) is 0.0844. The number of guanidine groups is 1. The lowest BCUT2D eigenvalue weighted by molar-refractivity contribution is -0.141. The number of carbonyl (C=O) groups is 5. The fourth-order valence-corrected chi connectivity index (χ4v) is 4.70. The van der Waals surface area contributed by atoms with Crippen LogP contribution < -0.4 is 28.3 Å². The van der Waals surface area contributed by atoms with E-state index in [1.807, 2.05) is 13.8 Å². The van der Waals surface area contributed by atoms with Crippen molar-refractivity contribution in [1.82, 2.24) is 15.1 Å². The molecule has 0 bridgehead atoms. The molecule has 0 radical (unpaired) electrons. The van der Waals surface area contributed by atoms with Crippen LogP contribution in [0, 0.1) is 5.92 Å². The molecule has 4 amide bonds. The fourth-order valence-electron chi connectivity index (χ4n) is 4.70. The van der Waals surface area contributed by atoms with E-state index < -0.39 is 48.2 Å². The van der Waals surface area contributed by atoms with Crippen LogP contribution in [-0.2, 0) is 24.0 Å². The fraction of sp³-hybridized carbons (Fsp3) is 0.739. The van der Waals surface area contributed by atoms with Gasteiger partial charge in [0.2, 0.25) is 23.6 Å². The first-order valence-corrected chi connectivity index (χ1v) is 12.4. The number of imide groups is 1. The van der Waals surface area contributed by atoms with Crippen molar-refractivity contribution in [2.45, 2.75) is 83.0 Å². The normalized spacial score (nSPS) is 21.4. The Hall–Kier alpha value is -3.06. The van der Waals surface area contributed by atoms with Crippen LogP contribution in [0.1, 0.15) is 58.8 Å². The molecule has 4 atom stereocenters. The summed E-state index contributed by atoms with van der Waals surface area (Å²) in [4.78, 5) is 69.7. The summed E-state index contributed by atoms with van der Waals surface area (Å²) >= 11 is 0. The highest BCUT2D eigenvalue weighted by atomic mass is 16.2. The Labute approximate surface area is 211 Å². The van der Waals surface area contributed by atoms with Gasteiger partial charge in [-0.3, -0.25) is 34.3 Å². The molecule has 13 heteroatoms. The first-order valence-electron chi connectivity index (χ1n) is 12.4. The molecule has 1 unspecified atom stereocenters. The summed E-state index contributed by atoms with van der Waals surface area (Å²) in [7, 11) is 0. The SMILES string of the molecule is CC(C)[C@H](CC(=O)NC(=O)CC(=O)[C@@H]1CCCN1C(=O)[C@@H](N)CCCN=C(N)N)N1CCC(N)C1=O. The maximum absolute atomic E-state index is 12.8. The van der Waals surface area contributed by atoms with Crippen molar-refractivity contribution in [3.05, 3.63) is 0 Å². The molecule has 2 rings (SSSR count). The van der Waals surface area contributed by atoms with Gasteiger partial charge in [0.15, 0.2) is 11.7 Å². The van der Waals surface area contributed by atoms with Gasteiger partial charge in [-0.05, 0) is 38.0 Å². The lowest BCUT2D eigenvalue weighted by Gasteiger charge is -2.30. The van der Waals surface area contributed by atoms with Crippen molar-refractivity contribution in [1.29, 1.82) is 0 Å². The van der Waals surface area contributed by atoms with Gasteiger partial charge in [0.05, 0.1) is 24.5 Å². The Balaban J connectivity index is 1.87. The van der Waals surface area contributed by atoms with E-state index in [9.17, 15) is 24.0 Å². The van der Waals surface area contributed by atoms with E-state index in [0.29, 0.717) is 51.7 Å². The third-order valence-electron chi connectivity index (χ3n) is 6.65. The molecule has 2 heterocycles. The summed E-state index contributed by atoms with van der Waals surface area (Å²) in [6.45, 7) is 4.95. The van der Waals surface area contributed by atoms with Crippen molar-refractivity contribution in [2.24, 2.45) is 33.8 Å². The van der Waals surface area contributed by atoms with Crippen LogP contribution in [0.2, 0.25) is 0 Å². The minimum atomic E-state index is -0.808. The summed E-state index contributed by atoms with van der Waals surface area (Å²) in [5, 5.41) is 2.25. The van der Waals surface area contributed by atoms with Crippen molar-refractivity contribution >= 4 is 35.4 Å². The average Bonchev–Trinajstić information content (AvgIpc) is 3.41. The van der Waals surface area contributed by atoms with Gasteiger partial charge in [-0.2, -0.15) is 0 Å². The Morgan fingerprint density at radius 1 is 1.11 bits per heavy atom. The molecule has 0 saturated carbocycles. The molecule has 13 nitrogen and oxygen atoms in total. The molecule has 0 aromatic heterocycles. The molecule has 0 aromatic carbocycles. The van der Waals surface area contributed by atoms with Gasteiger partial charge in [0.1, 0.15) is 0 Å². The summed E-state index contributed by atoms with van der Waals surface area (Å²) < 4.78 is 0. The molecule has 2 aliphatic heterocycles. The van der Waals surface area contributed by atoms with Gasteiger partial charge in [-0.15, -0.1) is 0 Å². The molecule has 2 aliphatic rings. The summed E-state index contributed by atoms with van der Waals surface area (Å²) in [5.74, 6) is -2.38. The minimum Gasteiger partial charge on any atom is -0.370 e. The molecule has 0 aromatic rings. The topological polar surface area (TPSA) is 220 Å². The Morgan fingerprint density at radius 3 is 2.39 bits per heavy atom. The van der Waals surface area contributed by atoms with E-state index in [1.165, 1.54) is 4.90 Å². The minimum absolute atomic E-state index is 0.0246. The first kappa shape index (κ1) is 29.2. The van der Waals surface area contributed by atoms with E-state index in [4.69, 9.17) is 22.9 Å². The first-order chi connectivity index (χ1) is 16.9. The van der Waals surface area contributed by atoms with Gasteiger partial charge in [0.25, 0.3) is 0 Å². The Bertz CT molecular complexity index is 873. The smallest absolute Gasteiger partial charge is 0.240 e. The number of aliphatic imine (C=N–C) groups is 1. The molecule has 0 spiro atoms. The van der Waals surface area contributed by atoms with E-state index in [-0.39, 0.29) is 30.1 Å². The number of hydrogen-bond acceptors (Lipinski definition) is 8. The predicted molar refractivity (Wildman–Crippen MR) is 133 cm³/mol. The monoisotopic (exact) mass is 508 g/mol. The van der Waals surface area contributed by atoms with Gasteiger partial charge < -0.3 is 32.7 Å². The molecule has 36 heavy (non-hydrogen) atoms. The molecule has 0 aliphatic carbocycles. The van der Waals surface area contributed by atoms with Crippen LogP contribution in [0.25, 0.3) is 0 Å². The zero-order valence-electron chi connectivity index (χ0n) is 21.2. The molecule has 2 saturated heterocycles. The highest BCUT2D eigenvalue weighted by Crippen LogP contribution is 2.22. The largest absolute Gasteiger partial charge is 0.370 e. The van der Waals surface area contributed by atoms with E-state index in [1.54, 1.807) is 4.90 Å². The second kappa shape index (κ2) is 13.3. The van der Waals surface area contributed by atoms with Gasteiger partial charge in [0, 0.05) is 32.1 Å². The van der Waals surface area contributed by atoms with E-state index >= 15 is 0 Å². The Morgan fingerprint density at radius 2 is 1.81 bits per heavy atom. The summed E-state index contributed by atoms with van der Waals surface area (Å²) in [5.41, 5.74) is 22.4. The summed E-state index contributed by atoms with van der Waals surface area (Å²) in [6, 6.07) is -2.53. The molecule has 202 valence electrons. The summed E-state index contributed by atoms with van der Waals surface area (Å²) in [6.07, 6.45) is 1.83. The molecule has 9 N–H and O–H groups in total. The number of nitrogens with one attached hydrogen (secondary N) is 1. The number of hydrogen-bond donors (Lipinski definition) is 5. The van der Waals surface area contributed by atoms with E-state index in [0.717, 1.165) is 0 Å². The average molecular weight is 509 g/mol. The number of Topliss-reactive ketones (excluding diaryl/α,β-unsaturated/α-hetero) is 1. The van der Waals surface area contributed by atoms with Crippen LogP contribution >= 0.6 is 0 Å². The lowest BCUT2D eigenvalue weighted by atomic mass is 9.98. The highest BCUT2D eigenvalue weighted by Gasteiger charge is 2.38. The molecular formula is C23H40N8O5. The van der Waals surface area contributed by atoms with Gasteiger partial charge in [-0.25, -0.2) is 0 Å². The number of amides is 4. The zero-order chi connectivity index (χ0) is 27.0. The van der Waals surface area contributed by atoms with Crippen molar-refractivity contribution in [3.63, 3.8) is 0 Å². The number of carbonyl (C=O) groups excluding carboxylic acids is 5. The van der Waals surface area contributed by atoms with Crippen LogP contribution in [0.15, 0.2) is 4.99 Å². The highest BCUT2D eigenvalue weighted by molar-refractivity contribution is 6.07. The Kier molecular flexibility index (Phi) is 10.8. The number of nitrogens with zero attached hydrogens (tertiary/aromatic N) is 3. The van der Waals surface area contributed by atoms with Crippen molar-refractivity contribution in [2.75, 3.05) is 19.6 Å². The predicted octanol–water partition coefficient (Wildman–Crippen LogP) is -2.07. The second-order valence-corrected chi connectivity index (χ2v) is 9.80. The third-order valence-corrected chi connectivity index (χ3v) is 6.65. The molecule has 2 fully saturated rings. The van der Waals surface area contributed by atoms with Crippen LogP contribution in [-0.4, -0.2) is 89.0 Å². The number of nitrogens with two attached hydrogens (primary N) is 4. The van der Waals surface area contributed by atoms with Crippen LogP contribution in [0.5, 0.6) is 0 Å². The third kappa shape index (κ3) is 7.98. The zero-order valence-corrected chi connectivity index (χ0v) is 21.2. The van der Waals surface area contributed by atoms with Gasteiger partial charge >= 0.3 is 0 Å². The standard InChI is InChI=1S/C23H40N8O5/c1-13(2)17(31-10-7-15(25)22(31)36)11-19(33)29-20(34)12-18(32)16-6-4-9-30(16)21(35)14(24)5-3-8-28-23(26)27/h13-17H,3-12,24-25H2,1-2H3,(H4,26,27,28)(H,29,33,34)/t14-,15?,16-,17-/m0/s1. The van der Waals surface area contributed by atoms with Crippen molar-refractivity contribution < 1.29 is 24.0 Å². The number of rotatable bonds is 12. The van der Waals surface area contributed by atoms with Crippen LogP contribution in [0.4, 0.5) is 0 Å². The number of likely N-dealkylation sites (tertiary alicyclic amines) is 2. The second-order valence-electron chi connectivity index (χ2n) is 9.80. The maximum Gasteiger partial charge on any atom is 0.240 e.